The second-order valence-corrected chi connectivity index (χ2v) is 6.03. The number of rotatable bonds is 4. The molecule has 6 nitrogen and oxygen atoms in total. The van der Waals surface area contributed by atoms with Gasteiger partial charge in [0.2, 0.25) is 0 Å². The van der Waals surface area contributed by atoms with E-state index in [-0.39, 0.29) is 5.54 Å². The summed E-state index contributed by atoms with van der Waals surface area (Å²) in [5.74, 6) is 0.671. The van der Waals surface area contributed by atoms with Gasteiger partial charge in [0.25, 0.3) is 0 Å². The van der Waals surface area contributed by atoms with Gasteiger partial charge in [-0.05, 0) is 12.8 Å². The van der Waals surface area contributed by atoms with E-state index in [0.29, 0.717) is 5.75 Å². The number of morpholine rings is 1. The van der Waals surface area contributed by atoms with E-state index in [4.69, 9.17) is 9.47 Å². The highest BCUT2D eigenvalue weighted by atomic mass is 16.5. The van der Waals surface area contributed by atoms with Crippen LogP contribution in [-0.2, 0) is 11.8 Å². The molecule has 2 fully saturated rings. The summed E-state index contributed by atoms with van der Waals surface area (Å²) in [6, 6.07) is 0. The van der Waals surface area contributed by atoms with E-state index in [1.165, 1.54) is 0 Å². The first kappa shape index (κ1) is 14.8. The summed E-state index contributed by atoms with van der Waals surface area (Å²) in [4.78, 5) is 2.42. The van der Waals surface area contributed by atoms with Gasteiger partial charge in [0.1, 0.15) is 11.8 Å². The summed E-state index contributed by atoms with van der Waals surface area (Å²) in [7, 11) is 3.49. The van der Waals surface area contributed by atoms with E-state index in [1.54, 1.807) is 18.0 Å². The van der Waals surface area contributed by atoms with Gasteiger partial charge in [0.15, 0.2) is 5.75 Å². The van der Waals surface area contributed by atoms with Crippen molar-refractivity contribution in [2.75, 3.05) is 33.4 Å². The number of methoxy groups -OCH3 is 1. The number of aliphatic hydroxyl groups is 1. The monoisotopic (exact) mass is 295 g/mol. The van der Waals surface area contributed by atoms with Crippen LogP contribution in [0.4, 0.5) is 0 Å². The van der Waals surface area contributed by atoms with Crippen molar-refractivity contribution in [1.82, 2.24) is 14.7 Å². The van der Waals surface area contributed by atoms with Crippen molar-refractivity contribution in [3.8, 4) is 5.75 Å². The Morgan fingerprint density at radius 3 is 2.62 bits per heavy atom. The van der Waals surface area contributed by atoms with E-state index in [0.717, 1.165) is 57.7 Å². The fraction of sp³-hybridized carbons (Fsp3) is 0.800. The fourth-order valence-electron chi connectivity index (χ4n) is 3.91. The normalized spacial score (nSPS) is 24.1. The smallest absolute Gasteiger partial charge is 0.162 e. The molecule has 0 aromatic carbocycles. The highest BCUT2D eigenvalue weighted by molar-refractivity contribution is 5.30. The zero-order chi connectivity index (χ0) is 14.9. The first-order chi connectivity index (χ1) is 10.2. The van der Waals surface area contributed by atoms with Crippen LogP contribution in [0.2, 0.25) is 0 Å². The standard InChI is InChI=1S/C15H25N3O3/c1-17-13(12(20-2)11-16-17)14(19)15(5-3-4-6-15)18-7-9-21-10-8-18/h11,14,19H,3-10H2,1-2H3. The fourth-order valence-corrected chi connectivity index (χ4v) is 3.91. The summed E-state index contributed by atoms with van der Waals surface area (Å²) in [5, 5.41) is 15.4. The van der Waals surface area contributed by atoms with Crippen molar-refractivity contribution in [2.45, 2.75) is 37.3 Å². The molecule has 0 amide bonds. The van der Waals surface area contributed by atoms with Crippen LogP contribution in [0, 0.1) is 0 Å². The van der Waals surface area contributed by atoms with Gasteiger partial charge in [0.05, 0.1) is 32.1 Å². The molecule has 2 heterocycles. The van der Waals surface area contributed by atoms with Crippen LogP contribution < -0.4 is 4.74 Å². The van der Waals surface area contributed by atoms with Gasteiger partial charge in [-0.2, -0.15) is 5.10 Å². The van der Waals surface area contributed by atoms with Crippen LogP contribution in [0.1, 0.15) is 37.5 Å². The number of aromatic nitrogens is 2. The predicted octanol–water partition coefficient (Wildman–Crippen LogP) is 1.11. The molecule has 1 N–H and O–H groups in total. The summed E-state index contributed by atoms with van der Waals surface area (Å²) in [6.45, 7) is 3.27. The van der Waals surface area contributed by atoms with Gasteiger partial charge < -0.3 is 14.6 Å². The van der Waals surface area contributed by atoms with Crippen molar-refractivity contribution in [3.05, 3.63) is 11.9 Å². The molecule has 1 atom stereocenters. The molecule has 1 saturated heterocycles. The van der Waals surface area contributed by atoms with E-state index in [1.807, 2.05) is 7.05 Å². The number of hydrogen-bond acceptors (Lipinski definition) is 5. The minimum absolute atomic E-state index is 0.204. The Morgan fingerprint density at radius 1 is 1.33 bits per heavy atom. The first-order valence-electron chi connectivity index (χ1n) is 7.76. The molecule has 0 radical (unpaired) electrons. The number of aryl methyl sites for hydroxylation is 1. The Bertz CT molecular complexity index is 477. The third kappa shape index (κ3) is 2.45. The zero-order valence-corrected chi connectivity index (χ0v) is 12.9. The van der Waals surface area contributed by atoms with Gasteiger partial charge in [-0.25, -0.2) is 0 Å². The van der Waals surface area contributed by atoms with Crippen molar-refractivity contribution in [1.29, 1.82) is 0 Å². The number of aliphatic hydroxyl groups excluding tert-OH is 1. The molecule has 0 bridgehead atoms. The molecule has 0 spiro atoms. The number of hydrogen-bond donors (Lipinski definition) is 1. The highest BCUT2D eigenvalue weighted by Gasteiger charge is 2.48. The molecule has 1 aromatic rings. The minimum atomic E-state index is -0.583. The zero-order valence-electron chi connectivity index (χ0n) is 12.9. The first-order valence-corrected chi connectivity index (χ1v) is 7.76. The molecule has 1 aromatic heterocycles. The van der Waals surface area contributed by atoms with E-state index in [9.17, 15) is 5.11 Å². The number of ether oxygens (including phenoxy) is 2. The third-order valence-corrected chi connectivity index (χ3v) is 5.05. The van der Waals surface area contributed by atoms with Crippen molar-refractivity contribution < 1.29 is 14.6 Å². The van der Waals surface area contributed by atoms with E-state index < -0.39 is 6.10 Å². The Balaban J connectivity index is 1.94. The summed E-state index contributed by atoms with van der Waals surface area (Å²) in [6.07, 6.45) is 5.45. The van der Waals surface area contributed by atoms with Crippen LogP contribution in [0.15, 0.2) is 6.20 Å². The van der Waals surface area contributed by atoms with Crippen LogP contribution >= 0.6 is 0 Å². The van der Waals surface area contributed by atoms with Gasteiger partial charge in [-0.15, -0.1) is 0 Å². The Kier molecular flexibility index (Phi) is 4.19. The minimum Gasteiger partial charge on any atom is -0.493 e. The molecular weight excluding hydrogens is 270 g/mol. The molecule has 1 aliphatic heterocycles. The topological polar surface area (TPSA) is 59.8 Å². The van der Waals surface area contributed by atoms with Crippen molar-refractivity contribution >= 4 is 0 Å². The molecule has 2 aliphatic rings. The van der Waals surface area contributed by atoms with Gasteiger partial charge in [0, 0.05) is 20.1 Å². The lowest BCUT2D eigenvalue weighted by Crippen LogP contribution is -2.55. The summed E-state index contributed by atoms with van der Waals surface area (Å²) < 4.78 is 12.6. The SMILES string of the molecule is COc1cnn(C)c1C(O)C1(N2CCOCC2)CCCC1. The van der Waals surface area contributed by atoms with Crippen LogP contribution in [0.3, 0.4) is 0 Å². The number of nitrogens with zero attached hydrogens (tertiary/aromatic N) is 3. The highest BCUT2D eigenvalue weighted by Crippen LogP contribution is 2.46. The molecule has 118 valence electrons. The van der Waals surface area contributed by atoms with Crippen LogP contribution in [0.5, 0.6) is 5.75 Å². The molecule has 1 saturated carbocycles. The lowest BCUT2D eigenvalue weighted by molar-refractivity contribution is -0.0801. The molecule has 1 aliphatic carbocycles. The largest absolute Gasteiger partial charge is 0.493 e. The molecule has 6 heteroatoms. The average molecular weight is 295 g/mol. The van der Waals surface area contributed by atoms with Gasteiger partial charge in [-0.3, -0.25) is 9.58 Å². The molecule has 1 unspecified atom stereocenters. The van der Waals surface area contributed by atoms with Gasteiger partial charge >= 0.3 is 0 Å². The van der Waals surface area contributed by atoms with Crippen molar-refractivity contribution in [3.63, 3.8) is 0 Å². The molecule has 3 rings (SSSR count). The maximum atomic E-state index is 11.2. The van der Waals surface area contributed by atoms with Crippen molar-refractivity contribution in [2.24, 2.45) is 7.05 Å². The quantitative estimate of drug-likeness (QED) is 0.901. The van der Waals surface area contributed by atoms with Crippen LogP contribution in [0.25, 0.3) is 0 Å². The summed E-state index contributed by atoms with van der Waals surface area (Å²) >= 11 is 0. The summed E-state index contributed by atoms with van der Waals surface area (Å²) in [5.41, 5.74) is 0.580. The van der Waals surface area contributed by atoms with Crippen LogP contribution in [-0.4, -0.2) is 58.7 Å². The Labute approximate surface area is 125 Å². The lowest BCUT2D eigenvalue weighted by atomic mass is 9.85. The second-order valence-electron chi connectivity index (χ2n) is 6.03. The average Bonchev–Trinajstić information content (AvgIpc) is 3.15. The maximum absolute atomic E-state index is 11.2. The van der Waals surface area contributed by atoms with E-state index >= 15 is 0 Å². The molecular formula is C15H25N3O3. The predicted molar refractivity (Wildman–Crippen MR) is 78.3 cm³/mol. The van der Waals surface area contributed by atoms with E-state index in [2.05, 4.69) is 10.00 Å². The Morgan fingerprint density at radius 2 is 2.00 bits per heavy atom. The maximum Gasteiger partial charge on any atom is 0.162 e. The lowest BCUT2D eigenvalue weighted by Gasteiger charge is -2.46. The second kappa shape index (κ2) is 5.94. The molecule has 21 heavy (non-hydrogen) atoms. The third-order valence-electron chi connectivity index (χ3n) is 5.05. The van der Waals surface area contributed by atoms with Gasteiger partial charge in [-0.1, -0.05) is 12.8 Å². The Hall–Kier alpha value is -1.11.